The molecule has 3 aromatic carbocycles. The Morgan fingerprint density at radius 3 is 2.57 bits per heavy atom. The van der Waals surface area contributed by atoms with Crippen LogP contribution in [0.5, 0.6) is 5.75 Å². The van der Waals surface area contributed by atoms with E-state index < -0.39 is 0 Å². The van der Waals surface area contributed by atoms with E-state index in [4.69, 9.17) is 10.5 Å². The van der Waals surface area contributed by atoms with Gasteiger partial charge < -0.3 is 10.5 Å². The fourth-order valence-corrected chi connectivity index (χ4v) is 3.49. The maximum absolute atomic E-state index is 6.15. The Balaban J connectivity index is 1.57. The van der Waals surface area contributed by atoms with Gasteiger partial charge in [-0.3, -0.25) is 9.88 Å². The number of aliphatic imine (C=N–C) groups is 1. The molecule has 28 heavy (non-hydrogen) atoms. The number of imidazole rings is 1. The van der Waals surface area contributed by atoms with Crippen LogP contribution in [-0.2, 0) is 6.61 Å². The first-order valence-electron chi connectivity index (χ1n) is 9.12. The molecule has 1 aliphatic rings. The number of nitrogens with one attached hydrogen (secondary N) is 1. The Labute approximate surface area is 162 Å². The van der Waals surface area contributed by atoms with Gasteiger partial charge in [-0.1, -0.05) is 60.7 Å². The van der Waals surface area contributed by atoms with Crippen LogP contribution in [0.2, 0.25) is 0 Å². The van der Waals surface area contributed by atoms with Crippen LogP contribution in [0.3, 0.4) is 0 Å². The molecule has 5 rings (SSSR count). The van der Waals surface area contributed by atoms with Crippen molar-refractivity contribution in [2.24, 2.45) is 10.7 Å². The fourth-order valence-electron chi connectivity index (χ4n) is 3.49. The lowest BCUT2D eigenvalue weighted by atomic mass is 10.1. The van der Waals surface area contributed by atoms with Gasteiger partial charge in [-0.15, -0.1) is 0 Å². The number of nitrogens with two attached hydrogens (primary N) is 1. The van der Waals surface area contributed by atoms with E-state index in [-0.39, 0.29) is 6.17 Å². The van der Waals surface area contributed by atoms with E-state index in [1.807, 2.05) is 78.9 Å². The number of hydrogen-bond donors (Lipinski definition) is 2. The quantitative estimate of drug-likeness (QED) is 0.572. The number of fused-ring (bicyclic) bond motifs is 3. The largest absolute Gasteiger partial charge is 0.488 e. The molecular weight excluding hydrogens is 350 g/mol. The van der Waals surface area contributed by atoms with E-state index in [2.05, 4.69) is 19.9 Å². The Kier molecular flexibility index (Phi) is 3.94. The summed E-state index contributed by atoms with van der Waals surface area (Å²) in [6.07, 6.45) is -0.351. The molecule has 2 heterocycles. The lowest BCUT2D eigenvalue weighted by Gasteiger charge is -2.25. The van der Waals surface area contributed by atoms with Crippen molar-refractivity contribution < 1.29 is 4.74 Å². The number of benzene rings is 3. The molecule has 0 aliphatic carbocycles. The van der Waals surface area contributed by atoms with Gasteiger partial charge in [-0.05, 0) is 23.8 Å². The average Bonchev–Trinajstić information content (AvgIpc) is 3.11. The van der Waals surface area contributed by atoms with Gasteiger partial charge in [0, 0.05) is 5.56 Å². The molecule has 6 nitrogen and oxygen atoms in total. The zero-order valence-electron chi connectivity index (χ0n) is 15.1. The zero-order valence-corrected chi connectivity index (χ0v) is 15.1. The van der Waals surface area contributed by atoms with E-state index in [1.54, 1.807) is 0 Å². The fraction of sp³-hybridized carbons (Fsp3) is 0.0909. The summed E-state index contributed by atoms with van der Waals surface area (Å²) in [6, 6.07) is 26.0. The Morgan fingerprint density at radius 2 is 1.68 bits per heavy atom. The Bertz CT molecular complexity index is 1170. The summed E-state index contributed by atoms with van der Waals surface area (Å²) in [5.74, 6) is 1.79. The molecule has 0 radical (unpaired) electrons. The summed E-state index contributed by atoms with van der Waals surface area (Å²) >= 11 is 0. The minimum absolute atomic E-state index is 0.339. The third-order valence-electron chi connectivity index (χ3n) is 4.78. The highest BCUT2D eigenvalue weighted by atomic mass is 16.5. The van der Waals surface area contributed by atoms with E-state index in [0.717, 1.165) is 27.9 Å². The maximum Gasteiger partial charge on any atom is 0.212 e. The first kappa shape index (κ1) is 16.4. The number of aromatic nitrogens is 2. The maximum atomic E-state index is 6.15. The number of para-hydroxylation sites is 3. The molecule has 6 heteroatoms. The number of hydrogen-bond acceptors (Lipinski definition) is 5. The molecule has 0 unspecified atom stereocenters. The van der Waals surface area contributed by atoms with Crippen LogP contribution >= 0.6 is 0 Å². The van der Waals surface area contributed by atoms with Crippen molar-refractivity contribution in [1.82, 2.24) is 9.55 Å². The van der Waals surface area contributed by atoms with Gasteiger partial charge in [0.05, 0.1) is 11.0 Å². The highest BCUT2D eigenvalue weighted by molar-refractivity contribution is 5.94. The van der Waals surface area contributed by atoms with Crippen LogP contribution in [0.1, 0.15) is 17.3 Å². The monoisotopic (exact) mass is 369 g/mol. The first-order chi connectivity index (χ1) is 13.8. The van der Waals surface area contributed by atoms with Crippen molar-refractivity contribution in [2.45, 2.75) is 12.8 Å². The minimum Gasteiger partial charge on any atom is -0.488 e. The van der Waals surface area contributed by atoms with Crippen molar-refractivity contribution in [3.8, 4) is 5.75 Å². The van der Waals surface area contributed by atoms with Crippen LogP contribution in [0.4, 0.5) is 5.95 Å². The Hall–Kier alpha value is -3.80. The molecular formula is C22H19N5O. The average molecular weight is 369 g/mol. The molecule has 0 saturated carbocycles. The van der Waals surface area contributed by atoms with E-state index >= 15 is 0 Å². The topological polar surface area (TPSA) is 77.5 Å². The predicted octanol–water partition coefficient (Wildman–Crippen LogP) is 3.90. The van der Waals surface area contributed by atoms with E-state index in [1.165, 1.54) is 0 Å². The van der Waals surface area contributed by atoms with Gasteiger partial charge >= 0.3 is 0 Å². The third kappa shape index (κ3) is 2.85. The first-order valence-corrected chi connectivity index (χ1v) is 9.12. The molecule has 3 N–H and O–H groups in total. The van der Waals surface area contributed by atoms with Crippen LogP contribution in [0.15, 0.2) is 83.9 Å². The van der Waals surface area contributed by atoms with Gasteiger partial charge in [0.15, 0.2) is 12.1 Å². The van der Waals surface area contributed by atoms with Crippen molar-refractivity contribution >= 4 is 22.9 Å². The predicted molar refractivity (Wildman–Crippen MR) is 110 cm³/mol. The number of nitrogens with zero attached hydrogens (tertiary/aromatic N) is 3. The second kappa shape index (κ2) is 6.74. The molecule has 0 fully saturated rings. The van der Waals surface area contributed by atoms with Crippen molar-refractivity contribution in [3.05, 3.63) is 90.0 Å². The lowest BCUT2D eigenvalue weighted by molar-refractivity contribution is 0.300. The summed E-state index contributed by atoms with van der Waals surface area (Å²) < 4.78 is 8.20. The smallest absolute Gasteiger partial charge is 0.212 e. The summed E-state index contributed by atoms with van der Waals surface area (Å²) in [5.41, 5.74) is 9.99. The molecule has 0 saturated heterocycles. The highest BCUT2D eigenvalue weighted by Gasteiger charge is 2.27. The second-order valence-corrected chi connectivity index (χ2v) is 6.62. The molecule has 138 valence electrons. The zero-order chi connectivity index (χ0) is 18.9. The standard InChI is InChI=1S/C22H19N5O/c23-21-25-20(27-18-12-6-5-11-17(18)24-22(27)26-21)16-10-4-7-13-19(16)28-14-15-8-2-1-3-9-15/h1-13,20H,14H2,(H3,23,24,25,26)/t20-/m0/s1. The minimum atomic E-state index is -0.351. The molecule has 0 amide bonds. The molecule has 1 aliphatic heterocycles. The van der Waals surface area contributed by atoms with Gasteiger partial charge in [0.2, 0.25) is 5.95 Å². The Morgan fingerprint density at radius 1 is 0.929 bits per heavy atom. The molecule has 1 atom stereocenters. The summed E-state index contributed by atoms with van der Waals surface area (Å²) in [5, 5.41) is 3.07. The summed E-state index contributed by atoms with van der Waals surface area (Å²) in [6.45, 7) is 0.486. The summed E-state index contributed by atoms with van der Waals surface area (Å²) in [7, 11) is 0. The number of guanidine groups is 1. The van der Waals surface area contributed by atoms with Crippen LogP contribution in [0, 0.1) is 0 Å². The molecule has 4 aromatic rings. The number of anilines is 1. The molecule has 0 spiro atoms. The van der Waals surface area contributed by atoms with Crippen LogP contribution in [0.25, 0.3) is 11.0 Å². The SMILES string of the molecule is NC1=N[C@H](c2ccccc2OCc2ccccc2)n2c(nc3ccccc32)N1. The number of rotatable bonds is 4. The van der Waals surface area contributed by atoms with Gasteiger partial charge in [0.25, 0.3) is 0 Å². The van der Waals surface area contributed by atoms with Crippen molar-refractivity contribution in [3.63, 3.8) is 0 Å². The van der Waals surface area contributed by atoms with Crippen molar-refractivity contribution in [1.29, 1.82) is 0 Å². The number of ether oxygens (including phenoxy) is 1. The van der Waals surface area contributed by atoms with Crippen LogP contribution in [-0.4, -0.2) is 15.5 Å². The van der Waals surface area contributed by atoms with E-state index in [9.17, 15) is 0 Å². The normalized spacial score (nSPS) is 15.6. The van der Waals surface area contributed by atoms with E-state index in [0.29, 0.717) is 18.5 Å². The third-order valence-corrected chi connectivity index (χ3v) is 4.78. The van der Waals surface area contributed by atoms with Crippen LogP contribution < -0.4 is 15.8 Å². The molecule has 1 aromatic heterocycles. The molecule has 0 bridgehead atoms. The van der Waals surface area contributed by atoms with Gasteiger partial charge in [0.1, 0.15) is 12.4 Å². The highest BCUT2D eigenvalue weighted by Crippen LogP contribution is 2.36. The summed E-state index contributed by atoms with van der Waals surface area (Å²) in [4.78, 5) is 9.31. The lowest BCUT2D eigenvalue weighted by Crippen LogP contribution is -2.31. The van der Waals surface area contributed by atoms with Crippen molar-refractivity contribution in [2.75, 3.05) is 5.32 Å². The van der Waals surface area contributed by atoms with Gasteiger partial charge in [-0.25, -0.2) is 9.98 Å². The second-order valence-electron chi connectivity index (χ2n) is 6.62. The van der Waals surface area contributed by atoms with Gasteiger partial charge in [-0.2, -0.15) is 0 Å².